The minimum Gasteiger partial charge on any atom is -0.339 e. The van der Waals surface area contributed by atoms with Crippen LogP contribution in [-0.4, -0.2) is 44.1 Å². The smallest absolute Gasteiger partial charge is 0.246 e. The van der Waals surface area contributed by atoms with Gasteiger partial charge in [-0.15, -0.1) is 0 Å². The second-order valence-electron chi connectivity index (χ2n) is 6.62. The van der Waals surface area contributed by atoms with Crippen molar-refractivity contribution < 1.29 is 13.2 Å². The summed E-state index contributed by atoms with van der Waals surface area (Å²) >= 11 is 5.94. The van der Waals surface area contributed by atoms with Crippen molar-refractivity contribution in [1.82, 2.24) is 9.62 Å². The Morgan fingerprint density at radius 1 is 1.44 bits per heavy atom. The molecule has 0 aliphatic carbocycles. The van der Waals surface area contributed by atoms with Crippen LogP contribution in [-0.2, 0) is 14.8 Å². The first-order valence-corrected chi connectivity index (χ1v) is 10.4. The summed E-state index contributed by atoms with van der Waals surface area (Å²) < 4.78 is 26.4. The Bertz CT molecular complexity index is 732. The average molecular weight is 385 g/mol. The highest BCUT2D eigenvalue weighted by Gasteiger charge is 2.24. The molecule has 1 atom stereocenters. The van der Waals surface area contributed by atoms with E-state index in [1.807, 2.05) is 12.1 Å². The fourth-order valence-electron chi connectivity index (χ4n) is 2.72. The van der Waals surface area contributed by atoms with E-state index in [-0.39, 0.29) is 11.8 Å². The third-order valence-corrected chi connectivity index (χ3v) is 6.34. The van der Waals surface area contributed by atoms with Crippen LogP contribution in [0.5, 0.6) is 0 Å². The van der Waals surface area contributed by atoms with Gasteiger partial charge in [0.2, 0.25) is 15.9 Å². The number of likely N-dealkylation sites (tertiary alicyclic amines) is 1. The van der Waals surface area contributed by atoms with Gasteiger partial charge in [0.15, 0.2) is 0 Å². The minimum atomic E-state index is -3.27. The van der Waals surface area contributed by atoms with Crippen LogP contribution in [0.4, 0.5) is 0 Å². The zero-order valence-corrected chi connectivity index (χ0v) is 16.2. The molecule has 1 heterocycles. The minimum absolute atomic E-state index is 0.0589. The molecule has 0 spiro atoms. The first-order chi connectivity index (χ1) is 11.8. The number of carbonyl (C=O) groups excluding carboxylic acids is 1. The molecule has 1 saturated heterocycles. The maximum absolute atomic E-state index is 12.4. The largest absolute Gasteiger partial charge is 0.339 e. The standard InChI is InChI=1S/C18H25ClN2O3S/c1-14(2)25(23,24)20-12-16-6-4-10-21(13-16)18(22)9-8-15-5-3-7-17(19)11-15/h3,5,7-9,11,14,16,20H,4,6,10,12-13H2,1-2H3/b9-8+/t16-/m0/s1. The molecule has 0 saturated carbocycles. The lowest BCUT2D eigenvalue weighted by atomic mass is 9.98. The molecule has 1 amide bonds. The predicted octanol–water partition coefficient (Wildman–Crippen LogP) is 2.92. The van der Waals surface area contributed by atoms with Gasteiger partial charge < -0.3 is 4.90 Å². The molecular weight excluding hydrogens is 360 g/mol. The van der Waals surface area contributed by atoms with Crippen molar-refractivity contribution in [3.63, 3.8) is 0 Å². The molecule has 0 unspecified atom stereocenters. The molecule has 1 aromatic rings. The molecule has 1 aromatic carbocycles. The molecule has 0 bridgehead atoms. The number of nitrogens with one attached hydrogen (secondary N) is 1. The zero-order valence-electron chi connectivity index (χ0n) is 14.6. The van der Waals surface area contributed by atoms with E-state index in [1.54, 1.807) is 43.0 Å². The zero-order chi connectivity index (χ0) is 18.4. The van der Waals surface area contributed by atoms with Crippen LogP contribution in [0.25, 0.3) is 6.08 Å². The quantitative estimate of drug-likeness (QED) is 0.767. The summed E-state index contributed by atoms with van der Waals surface area (Å²) in [7, 11) is -3.27. The molecule has 0 radical (unpaired) electrons. The number of piperidine rings is 1. The summed E-state index contributed by atoms with van der Waals surface area (Å²) in [5.41, 5.74) is 0.874. The van der Waals surface area contributed by atoms with E-state index in [1.165, 1.54) is 0 Å². The number of nitrogens with zero attached hydrogens (tertiary/aromatic N) is 1. The Labute approximate surface area is 155 Å². The molecule has 25 heavy (non-hydrogen) atoms. The molecule has 7 heteroatoms. The van der Waals surface area contributed by atoms with Crippen LogP contribution >= 0.6 is 11.6 Å². The fraction of sp³-hybridized carbons (Fsp3) is 0.500. The van der Waals surface area contributed by atoms with Crippen molar-refractivity contribution >= 4 is 33.6 Å². The van der Waals surface area contributed by atoms with E-state index >= 15 is 0 Å². The van der Waals surface area contributed by atoms with Crippen molar-refractivity contribution in [2.24, 2.45) is 5.92 Å². The second kappa shape index (κ2) is 8.83. The number of sulfonamides is 1. The van der Waals surface area contributed by atoms with Gasteiger partial charge in [-0.25, -0.2) is 13.1 Å². The van der Waals surface area contributed by atoms with Gasteiger partial charge in [-0.3, -0.25) is 4.79 Å². The van der Waals surface area contributed by atoms with Crippen LogP contribution in [0.3, 0.4) is 0 Å². The summed E-state index contributed by atoms with van der Waals surface area (Å²) in [5.74, 6) is 0.0854. The van der Waals surface area contributed by atoms with Gasteiger partial charge in [-0.05, 0) is 56.4 Å². The summed E-state index contributed by atoms with van der Waals surface area (Å²) in [4.78, 5) is 14.2. The average Bonchev–Trinajstić information content (AvgIpc) is 2.58. The molecule has 1 aliphatic rings. The highest BCUT2D eigenvalue weighted by molar-refractivity contribution is 7.90. The highest BCUT2D eigenvalue weighted by Crippen LogP contribution is 2.17. The number of halogens is 1. The summed E-state index contributed by atoms with van der Waals surface area (Å²) in [6.07, 6.45) is 5.10. The molecule has 138 valence electrons. The van der Waals surface area contributed by atoms with Gasteiger partial charge in [0, 0.05) is 30.7 Å². The van der Waals surface area contributed by atoms with Crippen molar-refractivity contribution in [2.75, 3.05) is 19.6 Å². The first-order valence-electron chi connectivity index (χ1n) is 8.49. The van der Waals surface area contributed by atoms with Gasteiger partial charge in [0.05, 0.1) is 5.25 Å². The van der Waals surface area contributed by atoms with Gasteiger partial charge in [0.25, 0.3) is 0 Å². The van der Waals surface area contributed by atoms with Crippen LogP contribution in [0.2, 0.25) is 5.02 Å². The molecule has 5 nitrogen and oxygen atoms in total. The van der Waals surface area contributed by atoms with Crippen LogP contribution in [0.1, 0.15) is 32.3 Å². The SMILES string of the molecule is CC(C)S(=O)(=O)NC[C@@H]1CCCN(C(=O)/C=C/c2cccc(Cl)c2)C1. The molecule has 0 aromatic heterocycles. The third kappa shape index (κ3) is 6.13. The molecule has 2 rings (SSSR count). The number of benzene rings is 1. The lowest BCUT2D eigenvalue weighted by Gasteiger charge is -2.32. The van der Waals surface area contributed by atoms with Crippen LogP contribution in [0, 0.1) is 5.92 Å². The van der Waals surface area contributed by atoms with Crippen molar-refractivity contribution in [2.45, 2.75) is 31.9 Å². The number of carbonyl (C=O) groups is 1. The van der Waals surface area contributed by atoms with E-state index in [0.29, 0.717) is 24.7 Å². The lowest BCUT2D eigenvalue weighted by molar-refractivity contribution is -0.127. The third-order valence-electron chi connectivity index (χ3n) is 4.29. The van der Waals surface area contributed by atoms with E-state index in [2.05, 4.69) is 4.72 Å². The van der Waals surface area contributed by atoms with Crippen molar-refractivity contribution in [1.29, 1.82) is 0 Å². The van der Waals surface area contributed by atoms with Crippen LogP contribution in [0.15, 0.2) is 30.3 Å². The van der Waals surface area contributed by atoms with Gasteiger partial charge in [-0.2, -0.15) is 0 Å². The Hall–Kier alpha value is -1.37. The Morgan fingerprint density at radius 2 is 2.20 bits per heavy atom. The summed E-state index contributed by atoms with van der Waals surface area (Å²) in [6.45, 7) is 4.95. The Kier molecular flexibility index (Phi) is 7.04. The number of hydrogen-bond donors (Lipinski definition) is 1. The van der Waals surface area contributed by atoms with E-state index < -0.39 is 15.3 Å². The Morgan fingerprint density at radius 3 is 2.88 bits per heavy atom. The number of rotatable bonds is 6. The summed E-state index contributed by atoms with van der Waals surface area (Å²) in [5, 5.41) is 0.180. The predicted molar refractivity (Wildman–Crippen MR) is 102 cm³/mol. The first kappa shape index (κ1) is 19.9. The van der Waals surface area contributed by atoms with Crippen molar-refractivity contribution in [3.8, 4) is 0 Å². The summed E-state index contributed by atoms with van der Waals surface area (Å²) in [6, 6.07) is 7.30. The van der Waals surface area contributed by atoms with Gasteiger partial charge >= 0.3 is 0 Å². The van der Waals surface area contributed by atoms with Crippen molar-refractivity contribution in [3.05, 3.63) is 40.9 Å². The van der Waals surface area contributed by atoms with Crippen LogP contribution < -0.4 is 4.72 Å². The number of hydrogen-bond acceptors (Lipinski definition) is 3. The highest BCUT2D eigenvalue weighted by atomic mass is 35.5. The van der Waals surface area contributed by atoms with E-state index in [9.17, 15) is 13.2 Å². The maximum Gasteiger partial charge on any atom is 0.246 e. The molecule has 1 fully saturated rings. The second-order valence-corrected chi connectivity index (χ2v) is 9.38. The van der Waals surface area contributed by atoms with E-state index in [0.717, 1.165) is 18.4 Å². The van der Waals surface area contributed by atoms with Gasteiger partial charge in [-0.1, -0.05) is 23.7 Å². The topological polar surface area (TPSA) is 66.5 Å². The fourth-order valence-corrected chi connectivity index (χ4v) is 3.72. The lowest BCUT2D eigenvalue weighted by Crippen LogP contribution is -2.44. The number of amides is 1. The normalized spacial score (nSPS) is 18.9. The van der Waals surface area contributed by atoms with E-state index in [4.69, 9.17) is 11.6 Å². The monoisotopic (exact) mass is 384 g/mol. The molecule has 1 aliphatic heterocycles. The molecule has 1 N–H and O–H groups in total. The molecular formula is C18H25ClN2O3S. The Balaban J connectivity index is 1.90. The maximum atomic E-state index is 12.4. The van der Waals surface area contributed by atoms with Gasteiger partial charge in [0.1, 0.15) is 0 Å².